The van der Waals surface area contributed by atoms with Gasteiger partial charge in [0.1, 0.15) is 5.69 Å². The molecule has 3 aromatic rings. The summed E-state index contributed by atoms with van der Waals surface area (Å²) in [5.74, 6) is -0.129. The van der Waals surface area contributed by atoms with Crippen molar-refractivity contribution in [1.82, 2.24) is 4.57 Å². The Morgan fingerprint density at radius 1 is 1.14 bits per heavy atom. The summed E-state index contributed by atoms with van der Waals surface area (Å²) in [6, 6.07) is 15.2. The van der Waals surface area contributed by atoms with E-state index >= 15 is 0 Å². The van der Waals surface area contributed by atoms with E-state index in [1.165, 1.54) is 0 Å². The van der Waals surface area contributed by atoms with Crippen molar-refractivity contribution in [3.05, 3.63) is 64.8 Å². The molecule has 0 spiro atoms. The van der Waals surface area contributed by atoms with Gasteiger partial charge in [-0.2, -0.15) is 0 Å². The Labute approximate surface area is 128 Å². The lowest BCUT2D eigenvalue weighted by atomic mass is 10.2. The van der Waals surface area contributed by atoms with E-state index in [0.717, 1.165) is 22.2 Å². The monoisotopic (exact) mass is 298 g/mol. The molecule has 3 nitrogen and oxygen atoms in total. The van der Waals surface area contributed by atoms with Crippen LogP contribution in [0.5, 0.6) is 0 Å². The number of carbonyl (C=O) groups excluding carboxylic acids is 1. The number of hydrogen-bond donors (Lipinski definition) is 1. The van der Waals surface area contributed by atoms with Crippen LogP contribution in [0.1, 0.15) is 16.1 Å². The normalized spacial score (nSPS) is 10.8. The molecular formula is C17H15ClN2O. The molecular weight excluding hydrogens is 284 g/mol. The standard InChI is InChI=1S/C17H15ClN2O/c1-11-4-3-5-14(8-11)19-17(21)16-9-12-6-7-13(18)10-15(12)20(16)2/h3-10H,1-2H3,(H,19,21). The third kappa shape index (κ3) is 2.65. The predicted octanol–water partition coefficient (Wildman–Crippen LogP) is 4.39. The molecule has 0 saturated carbocycles. The minimum atomic E-state index is -0.129. The topological polar surface area (TPSA) is 34.0 Å². The Hall–Kier alpha value is -2.26. The number of carbonyl (C=O) groups is 1. The first-order chi connectivity index (χ1) is 10.0. The van der Waals surface area contributed by atoms with E-state index in [1.54, 1.807) is 0 Å². The smallest absolute Gasteiger partial charge is 0.272 e. The first kappa shape index (κ1) is 13.7. The SMILES string of the molecule is Cc1cccc(NC(=O)c2cc3ccc(Cl)cc3n2C)c1. The first-order valence-corrected chi connectivity index (χ1v) is 7.05. The van der Waals surface area contributed by atoms with Crippen LogP contribution in [0.15, 0.2) is 48.5 Å². The highest BCUT2D eigenvalue weighted by Gasteiger charge is 2.13. The molecule has 0 unspecified atom stereocenters. The van der Waals surface area contributed by atoms with E-state index in [-0.39, 0.29) is 5.91 Å². The molecule has 1 aromatic heterocycles. The molecule has 0 saturated heterocycles. The van der Waals surface area contributed by atoms with Crippen LogP contribution in [-0.2, 0) is 7.05 Å². The van der Waals surface area contributed by atoms with Crippen LogP contribution in [0.2, 0.25) is 5.02 Å². The fourth-order valence-electron chi connectivity index (χ4n) is 2.44. The van der Waals surface area contributed by atoms with E-state index in [2.05, 4.69) is 5.32 Å². The largest absolute Gasteiger partial charge is 0.340 e. The fourth-order valence-corrected chi connectivity index (χ4v) is 2.61. The van der Waals surface area contributed by atoms with Crippen molar-refractivity contribution in [3.8, 4) is 0 Å². The molecule has 1 amide bonds. The maximum absolute atomic E-state index is 12.4. The second kappa shape index (κ2) is 5.26. The van der Waals surface area contributed by atoms with Crippen molar-refractivity contribution in [3.63, 3.8) is 0 Å². The van der Waals surface area contributed by atoms with Gasteiger partial charge in [0.25, 0.3) is 5.91 Å². The molecule has 21 heavy (non-hydrogen) atoms. The van der Waals surface area contributed by atoms with Crippen LogP contribution >= 0.6 is 11.6 Å². The van der Waals surface area contributed by atoms with Gasteiger partial charge in [0.15, 0.2) is 0 Å². The number of benzene rings is 2. The minimum absolute atomic E-state index is 0.129. The van der Waals surface area contributed by atoms with Crippen LogP contribution in [0.25, 0.3) is 10.9 Å². The van der Waals surface area contributed by atoms with E-state index in [1.807, 2.05) is 67.1 Å². The zero-order valence-corrected chi connectivity index (χ0v) is 12.6. The van der Waals surface area contributed by atoms with Gasteiger partial charge in [0, 0.05) is 28.7 Å². The maximum Gasteiger partial charge on any atom is 0.272 e. The summed E-state index contributed by atoms with van der Waals surface area (Å²) in [7, 11) is 1.86. The molecule has 0 aliphatic rings. The lowest BCUT2D eigenvalue weighted by molar-refractivity contribution is 0.102. The molecule has 1 N–H and O–H groups in total. The molecule has 0 atom stereocenters. The molecule has 4 heteroatoms. The third-order valence-corrected chi connectivity index (χ3v) is 3.75. The maximum atomic E-state index is 12.4. The average Bonchev–Trinajstić information content (AvgIpc) is 2.76. The van der Waals surface area contributed by atoms with Gasteiger partial charge in [0.2, 0.25) is 0 Å². The molecule has 0 bridgehead atoms. The highest BCUT2D eigenvalue weighted by Crippen LogP contribution is 2.23. The predicted molar refractivity (Wildman–Crippen MR) is 87.1 cm³/mol. The Bertz CT molecular complexity index is 836. The first-order valence-electron chi connectivity index (χ1n) is 6.67. The summed E-state index contributed by atoms with van der Waals surface area (Å²) < 4.78 is 1.85. The number of rotatable bonds is 2. The van der Waals surface area contributed by atoms with Gasteiger partial charge in [-0.3, -0.25) is 4.79 Å². The second-order valence-electron chi connectivity index (χ2n) is 5.12. The van der Waals surface area contributed by atoms with Crippen molar-refractivity contribution in [2.24, 2.45) is 7.05 Å². The Morgan fingerprint density at radius 3 is 2.71 bits per heavy atom. The number of fused-ring (bicyclic) bond motifs is 1. The molecule has 1 heterocycles. The number of halogens is 1. The van der Waals surface area contributed by atoms with Crippen molar-refractivity contribution < 1.29 is 4.79 Å². The highest BCUT2D eigenvalue weighted by atomic mass is 35.5. The number of amides is 1. The summed E-state index contributed by atoms with van der Waals surface area (Å²) in [6.07, 6.45) is 0. The van der Waals surface area contributed by atoms with Crippen LogP contribution in [0.3, 0.4) is 0 Å². The van der Waals surface area contributed by atoms with Crippen molar-refractivity contribution in [2.45, 2.75) is 6.92 Å². The van der Waals surface area contributed by atoms with Gasteiger partial charge in [0.05, 0.1) is 0 Å². The summed E-state index contributed by atoms with van der Waals surface area (Å²) in [4.78, 5) is 12.4. The van der Waals surface area contributed by atoms with Gasteiger partial charge in [-0.05, 0) is 42.8 Å². The van der Waals surface area contributed by atoms with E-state index in [4.69, 9.17) is 11.6 Å². The summed E-state index contributed by atoms with van der Waals surface area (Å²) in [5.41, 5.74) is 3.45. The van der Waals surface area contributed by atoms with Gasteiger partial charge in [-0.25, -0.2) is 0 Å². The minimum Gasteiger partial charge on any atom is -0.340 e. The van der Waals surface area contributed by atoms with Crippen LogP contribution in [0.4, 0.5) is 5.69 Å². The van der Waals surface area contributed by atoms with Crippen molar-refractivity contribution in [2.75, 3.05) is 5.32 Å². The molecule has 0 fully saturated rings. The number of hydrogen-bond acceptors (Lipinski definition) is 1. The average molecular weight is 299 g/mol. The zero-order chi connectivity index (χ0) is 15.0. The Morgan fingerprint density at radius 2 is 1.95 bits per heavy atom. The van der Waals surface area contributed by atoms with E-state index in [9.17, 15) is 4.79 Å². The van der Waals surface area contributed by atoms with Crippen LogP contribution in [0, 0.1) is 6.92 Å². The van der Waals surface area contributed by atoms with Gasteiger partial charge in [-0.1, -0.05) is 29.8 Å². The third-order valence-electron chi connectivity index (χ3n) is 3.52. The lowest BCUT2D eigenvalue weighted by Crippen LogP contribution is -2.15. The van der Waals surface area contributed by atoms with Gasteiger partial charge < -0.3 is 9.88 Å². The number of aromatic nitrogens is 1. The number of anilines is 1. The number of nitrogens with zero attached hydrogens (tertiary/aromatic N) is 1. The molecule has 0 radical (unpaired) electrons. The fraction of sp³-hybridized carbons (Fsp3) is 0.118. The van der Waals surface area contributed by atoms with Crippen molar-refractivity contribution in [1.29, 1.82) is 0 Å². The zero-order valence-electron chi connectivity index (χ0n) is 11.9. The van der Waals surface area contributed by atoms with Crippen molar-refractivity contribution >= 4 is 34.1 Å². The van der Waals surface area contributed by atoms with E-state index < -0.39 is 0 Å². The lowest BCUT2D eigenvalue weighted by Gasteiger charge is -2.07. The number of aryl methyl sites for hydroxylation is 2. The highest BCUT2D eigenvalue weighted by molar-refractivity contribution is 6.31. The number of nitrogens with one attached hydrogen (secondary N) is 1. The van der Waals surface area contributed by atoms with Crippen LogP contribution < -0.4 is 5.32 Å². The van der Waals surface area contributed by atoms with Crippen LogP contribution in [-0.4, -0.2) is 10.5 Å². The van der Waals surface area contributed by atoms with Gasteiger partial charge in [-0.15, -0.1) is 0 Å². The Balaban J connectivity index is 1.96. The molecule has 106 valence electrons. The molecule has 3 rings (SSSR count). The molecule has 0 aliphatic heterocycles. The quantitative estimate of drug-likeness (QED) is 0.748. The summed E-state index contributed by atoms with van der Waals surface area (Å²) in [6.45, 7) is 1.99. The summed E-state index contributed by atoms with van der Waals surface area (Å²) >= 11 is 6.01. The molecule has 2 aromatic carbocycles. The molecule has 0 aliphatic carbocycles. The second-order valence-corrected chi connectivity index (χ2v) is 5.55. The van der Waals surface area contributed by atoms with Gasteiger partial charge >= 0.3 is 0 Å². The Kier molecular flexibility index (Phi) is 3.43. The summed E-state index contributed by atoms with van der Waals surface area (Å²) in [5, 5.41) is 4.58. The van der Waals surface area contributed by atoms with E-state index in [0.29, 0.717) is 10.7 Å².